The molecule has 2 saturated heterocycles. The zero-order valence-corrected chi connectivity index (χ0v) is 14.6. The number of carbonyl (C=O) groups excluding carboxylic acids is 2. The molecule has 2 amide bonds. The SMILES string of the molecule is CC(NC(=O)[C@@]12CCCC[C@H]1CNC2)C(=O)N1CCOCC1.Cl. The van der Waals surface area contributed by atoms with E-state index in [4.69, 9.17) is 4.74 Å². The minimum Gasteiger partial charge on any atom is -0.378 e. The van der Waals surface area contributed by atoms with Gasteiger partial charge in [-0.05, 0) is 32.2 Å². The van der Waals surface area contributed by atoms with Crippen LogP contribution in [0.3, 0.4) is 0 Å². The van der Waals surface area contributed by atoms with Gasteiger partial charge < -0.3 is 20.3 Å². The van der Waals surface area contributed by atoms with Crippen molar-refractivity contribution >= 4 is 24.2 Å². The van der Waals surface area contributed by atoms with Gasteiger partial charge in [-0.25, -0.2) is 0 Å². The van der Waals surface area contributed by atoms with Gasteiger partial charge in [-0.3, -0.25) is 9.59 Å². The van der Waals surface area contributed by atoms with Crippen molar-refractivity contribution in [1.82, 2.24) is 15.5 Å². The molecule has 23 heavy (non-hydrogen) atoms. The molecule has 7 heteroatoms. The lowest BCUT2D eigenvalue weighted by Crippen LogP contribution is -2.55. The monoisotopic (exact) mass is 345 g/mol. The maximum atomic E-state index is 12.9. The first-order chi connectivity index (χ1) is 10.6. The summed E-state index contributed by atoms with van der Waals surface area (Å²) < 4.78 is 5.27. The van der Waals surface area contributed by atoms with Gasteiger partial charge >= 0.3 is 0 Å². The molecule has 2 heterocycles. The average molecular weight is 346 g/mol. The summed E-state index contributed by atoms with van der Waals surface area (Å²) in [4.78, 5) is 27.1. The first kappa shape index (κ1) is 18.5. The second-order valence-corrected chi connectivity index (χ2v) is 6.86. The molecule has 6 nitrogen and oxygen atoms in total. The number of halogens is 1. The standard InChI is InChI=1S/C16H27N3O3.ClH/c1-12(14(20)19-6-8-22-9-7-19)18-15(21)16-5-3-2-4-13(16)10-17-11-16;/h12-13,17H,2-11H2,1H3,(H,18,21);1H/t12?,13-,16+;/m0./s1. The van der Waals surface area contributed by atoms with E-state index in [1.165, 1.54) is 6.42 Å². The Morgan fingerprint density at radius 1 is 1.30 bits per heavy atom. The third-order valence-corrected chi connectivity index (χ3v) is 5.53. The quantitative estimate of drug-likeness (QED) is 0.783. The molecule has 3 aliphatic rings. The van der Waals surface area contributed by atoms with Crippen LogP contribution in [0, 0.1) is 11.3 Å². The number of amides is 2. The highest BCUT2D eigenvalue weighted by Crippen LogP contribution is 2.43. The van der Waals surface area contributed by atoms with Crippen molar-refractivity contribution in [3.05, 3.63) is 0 Å². The van der Waals surface area contributed by atoms with E-state index in [1.807, 2.05) is 0 Å². The maximum Gasteiger partial charge on any atom is 0.245 e. The predicted molar refractivity (Wildman–Crippen MR) is 89.5 cm³/mol. The van der Waals surface area contributed by atoms with Crippen LogP contribution in [0.25, 0.3) is 0 Å². The number of nitrogens with zero attached hydrogens (tertiary/aromatic N) is 1. The second kappa shape index (κ2) is 7.81. The van der Waals surface area contributed by atoms with E-state index >= 15 is 0 Å². The largest absolute Gasteiger partial charge is 0.378 e. The van der Waals surface area contributed by atoms with Crippen molar-refractivity contribution in [2.45, 2.75) is 38.6 Å². The summed E-state index contributed by atoms with van der Waals surface area (Å²) >= 11 is 0. The van der Waals surface area contributed by atoms with Crippen LogP contribution in [-0.2, 0) is 14.3 Å². The first-order valence-electron chi connectivity index (χ1n) is 8.52. The normalized spacial score (nSPS) is 31.7. The molecule has 0 aromatic rings. The third-order valence-electron chi connectivity index (χ3n) is 5.53. The van der Waals surface area contributed by atoms with Gasteiger partial charge in [0.25, 0.3) is 0 Å². The molecule has 2 N–H and O–H groups in total. The Bertz CT molecular complexity index is 442. The smallest absolute Gasteiger partial charge is 0.245 e. The van der Waals surface area contributed by atoms with Crippen LogP contribution in [0.15, 0.2) is 0 Å². The van der Waals surface area contributed by atoms with E-state index in [2.05, 4.69) is 10.6 Å². The van der Waals surface area contributed by atoms with Gasteiger partial charge in [0.05, 0.1) is 18.6 Å². The van der Waals surface area contributed by atoms with Gasteiger partial charge in [0.1, 0.15) is 6.04 Å². The summed E-state index contributed by atoms with van der Waals surface area (Å²) in [6.07, 6.45) is 4.38. The van der Waals surface area contributed by atoms with Crippen LogP contribution in [-0.4, -0.2) is 62.1 Å². The van der Waals surface area contributed by atoms with E-state index in [0.29, 0.717) is 32.2 Å². The summed E-state index contributed by atoms with van der Waals surface area (Å²) in [6.45, 7) is 5.89. The van der Waals surface area contributed by atoms with Crippen LogP contribution in [0.5, 0.6) is 0 Å². The summed E-state index contributed by atoms with van der Waals surface area (Å²) in [5.41, 5.74) is -0.294. The van der Waals surface area contributed by atoms with Crippen molar-refractivity contribution < 1.29 is 14.3 Å². The zero-order valence-electron chi connectivity index (χ0n) is 13.8. The Labute approximate surface area is 144 Å². The van der Waals surface area contributed by atoms with Crippen LogP contribution >= 0.6 is 12.4 Å². The number of morpholine rings is 1. The van der Waals surface area contributed by atoms with Crippen LogP contribution < -0.4 is 10.6 Å². The highest BCUT2D eigenvalue weighted by Gasteiger charge is 2.50. The van der Waals surface area contributed by atoms with Crippen LogP contribution in [0.1, 0.15) is 32.6 Å². The highest BCUT2D eigenvalue weighted by atomic mass is 35.5. The lowest BCUT2D eigenvalue weighted by atomic mass is 9.67. The van der Waals surface area contributed by atoms with Gasteiger partial charge in [-0.2, -0.15) is 0 Å². The van der Waals surface area contributed by atoms with Gasteiger partial charge in [0.2, 0.25) is 11.8 Å². The molecule has 0 spiro atoms. The number of nitrogens with one attached hydrogen (secondary N) is 2. The molecule has 1 aliphatic carbocycles. The fourth-order valence-corrected chi connectivity index (χ4v) is 4.15. The molecule has 3 rings (SSSR count). The average Bonchev–Trinajstić information content (AvgIpc) is 3.00. The minimum atomic E-state index is -0.455. The van der Waals surface area contributed by atoms with Crippen LogP contribution in [0.2, 0.25) is 0 Å². The summed E-state index contributed by atoms with van der Waals surface area (Å²) in [5, 5.41) is 6.38. The molecule has 132 valence electrons. The molecule has 0 bridgehead atoms. The fourth-order valence-electron chi connectivity index (χ4n) is 4.15. The Morgan fingerprint density at radius 3 is 2.78 bits per heavy atom. The Kier molecular flexibility index (Phi) is 6.28. The molecule has 0 aromatic heterocycles. The molecule has 0 radical (unpaired) electrons. The molecular weight excluding hydrogens is 318 g/mol. The van der Waals surface area contributed by atoms with Gasteiger partial charge in [-0.15, -0.1) is 12.4 Å². The number of carbonyl (C=O) groups is 2. The van der Waals surface area contributed by atoms with E-state index in [-0.39, 0.29) is 29.6 Å². The van der Waals surface area contributed by atoms with Gasteiger partial charge in [-0.1, -0.05) is 12.8 Å². The molecule has 2 aliphatic heterocycles. The Balaban J connectivity index is 0.00000192. The van der Waals surface area contributed by atoms with Crippen molar-refractivity contribution in [3.8, 4) is 0 Å². The van der Waals surface area contributed by atoms with Gasteiger partial charge in [0.15, 0.2) is 0 Å². The van der Waals surface area contributed by atoms with Crippen molar-refractivity contribution in [2.24, 2.45) is 11.3 Å². The fraction of sp³-hybridized carbons (Fsp3) is 0.875. The van der Waals surface area contributed by atoms with Gasteiger partial charge in [0, 0.05) is 19.6 Å². The lowest BCUT2D eigenvalue weighted by molar-refractivity contribution is -0.143. The highest BCUT2D eigenvalue weighted by molar-refractivity contribution is 5.90. The lowest BCUT2D eigenvalue weighted by Gasteiger charge is -2.38. The molecule has 3 atom stereocenters. The Morgan fingerprint density at radius 2 is 2.04 bits per heavy atom. The summed E-state index contributed by atoms with van der Waals surface area (Å²) in [5.74, 6) is 0.495. The predicted octanol–water partition coefficient (Wildman–Crippen LogP) is 0.552. The van der Waals surface area contributed by atoms with Crippen molar-refractivity contribution in [3.63, 3.8) is 0 Å². The number of fused-ring (bicyclic) bond motifs is 1. The summed E-state index contributed by atoms with van der Waals surface area (Å²) in [6, 6.07) is -0.455. The first-order valence-corrected chi connectivity index (χ1v) is 8.52. The van der Waals surface area contributed by atoms with E-state index in [9.17, 15) is 9.59 Å². The van der Waals surface area contributed by atoms with E-state index in [1.54, 1.807) is 11.8 Å². The number of hydrogen-bond donors (Lipinski definition) is 2. The summed E-state index contributed by atoms with van der Waals surface area (Å²) in [7, 11) is 0. The zero-order chi connectivity index (χ0) is 15.6. The number of hydrogen-bond acceptors (Lipinski definition) is 4. The van der Waals surface area contributed by atoms with E-state index < -0.39 is 6.04 Å². The van der Waals surface area contributed by atoms with Crippen molar-refractivity contribution in [1.29, 1.82) is 0 Å². The van der Waals surface area contributed by atoms with Crippen LogP contribution in [0.4, 0.5) is 0 Å². The molecular formula is C16H28ClN3O3. The second-order valence-electron chi connectivity index (χ2n) is 6.86. The number of rotatable bonds is 3. The minimum absolute atomic E-state index is 0. The molecule has 1 unspecified atom stereocenters. The Hall–Kier alpha value is -0.850. The van der Waals surface area contributed by atoms with E-state index in [0.717, 1.165) is 32.4 Å². The molecule has 1 saturated carbocycles. The molecule has 0 aromatic carbocycles. The third kappa shape index (κ3) is 3.64. The topological polar surface area (TPSA) is 70.7 Å². The maximum absolute atomic E-state index is 12.9. The molecule has 3 fully saturated rings. The van der Waals surface area contributed by atoms with Crippen molar-refractivity contribution in [2.75, 3.05) is 39.4 Å². The number of ether oxygens (including phenoxy) is 1.